The first kappa shape index (κ1) is 11.9. The second-order valence-electron chi connectivity index (χ2n) is 5.15. The van der Waals surface area contributed by atoms with E-state index in [0.29, 0.717) is 6.61 Å². The Labute approximate surface area is 97.3 Å². The Morgan fingerprint density at radius 1 is 1.50 bits per heavy atom. The van der Waals surface area contributed by atoms with E-state index in [1.54, 1.807) is 0 Å². The van der Waals surface area contributed by atoms with E-state index in [0.717, 1.165) is 32.5 Å². The third kappa shape index (κ3) is 2.38. The Bertz CT molecular complexity index is 262. The Balaban J connectivity index is 1.99. The average molecular weight is 226 g/mol. The summed E-state index contributed by atoms with van der Waals surface area (Å²) < 4.78 is 5.46. The number of rotatable bonds is 1. The summed E-state index contributed by atoms with van der Waals surface area (Å²) in [7, 11) is 0. The molecular weight excluding hydrogens is 204 g/mol. The lowest BCUT2D eigenvalue weighted by Gasteiger charge is -2.40. The van der Waals surface area contributed by atoms with Gasteiger partial charge in [-0.25, -0.2) is 0 Å². The fraction of sp³-hybridized carbons (Fsp3) is 0.917. The van der Waals surface area contributed by atoms with Crippen molar-refractivity contribution in [3.63, 3.8) is 0 Å². The SMILES string of the molecule is CC1CN(C(=O)C2(C)CCCCN2)CCO1. The summed E-state index contributed by atoms with van der Waals surface area (Å²) in [6.45, 7) is 7.16. The highest BCUT2D eigenvalue weighted by atomic mass is 16.5. The molecule has 2 heterocycles. The van der Waals surface area contributed by atoms with Gasteiger partial charge >= 0.3 is 0 Å². The number of carbonyl (C=O) groups excluding carboxylic acids is 1. The van der Waals surface area contributed by atoms with Crippen molar-refractivity contribution in [2.75, 3.05) is 26.2 Å². The largest absolute Gasteiger partial charge is 0.375 e. The number of morpholine rings is 1. The predicted octanol–water partition coefficient (Wildman–Crippen LogP) is 0.766. The minimum atomic E-state index is -0.338. The zero-order valence-electron chi connectivity index (χ0n) is 10.3. The summed E-state index contributed by atoms with van der Waals surface area (Å²) >= 11 is 0. The summed E-state index contributed by atoms with van der Waals surface area (Å²) in [4.78, 5) is 14.4. The maximum Gasteiger partial charge on any atom is 0.242 e. The molecule has 0 radical (unpaired) electrons. The van der Waals surface area contributed by atoms with E-state index in [1.165, 1.54) is 6.42 Å². The quantitative estimate of drug-likeness (QED) is 0.718. The first-order valence-electron chi connectivity index (χ1n) is 6.28. The molecule has 92 valence electrons. The van der Waals surface area contributed by atoms with Crippen molar-refractivity contribution in [2.24, 2.45) is 0 Å². The molecule has 2 aliphatic rings. The van der Waals surface area contributed by atoms with Crippen LogP contribution >= 0.6 is 0 Å². The molecule has 4 heteroatoms. The minimum Gasteiger partial charge on any atom is -0.375 e. The Morgan fingerprint density at radius 2 is 2.31 bits per heavy atom. The normalized spacial score (nSPS) is 36.1. The molecule has 0 aromatic rings. The standard InChI is InChI=1S/C12H22N2O2/c1-10-9-14(7-8-16-10)11(15)12(2)5-3-4-6-13-12/h10,13H,3-9H2,1-2H3. The molecule has 0 bridgehead atoms. The molecular formula is C12H22N2O2. The van der Waals surface area contributed by atoms with Crippen LogP contribution in [-0.4, -0.2) is 48.7 Å². The van der Waals surface area contributed by atoms with Gasteiger partial charge in [0.1, 0.15) is 0 Å². The first-order valence-corrected chi connectivity index (χ1v) is 6.28. The number of hydrogen-bond donors (Lipinski definition) is 1. The average Bonchev–Trinajstić information content (AvgIpc) is 2.29. The molecule has 1 N–H and O–H groups in total. The zero-order valence-corrected chi connectivity index (χ0v) is 10.3. The first-order chi connectivity index (χ1) is 7.62. The molecule has 0 aliphatic carbocycles. The van der Waals surface area contributed by atoms with Crippen molar-refractivity contribution < 1.29 is 9.53 Å². The van der Waals surface area contributed by atoms with Gasteiger partial charge in [-0.3, -0.25) is 4.79 Å². The summed E-state index contributed by atoms with van der Waals surface area (Å²) in [5, 5.41) is 3.38. The van der Waals surface area contributed by atoms with Gasteiger partial charge < -0.3 is 15.0 Å². The molecule has 0 saturated carbocycles. The third-order valence-electron chi connectivity index (χ3n) is 3.62. The lowest BCUT2D eigenvalue weighted by atomic mass is 9.89. The summed E-state index contributed by atoms with van der Waals surface area (Å²) in [5.41, 5.74) is -0.338. The second-order valence-corrected chi connectivity index (χ2v) is 5.15. The lowest BCUT2D eigenvalue weighted by molar-refractivity contribution is -0.145. The van der Waals surface area contributed by atoms with Crippen molar-refractivity contribution in [2.45, 2.75) is 44.8 Å². The van der Waals surface area contributed by atoms with Crippen LogP contribution in [0.4, 0.5) is 0 Å². The summed E-state index contributed by atoms with van der Waals surface area (Å²) in [5.74, 6) is 0.252. The van der Waals surface area contributed by atoms with Crippen LogP contribution in [-0.2, 0) is 9.53 Å². The van der Waals surface area contributed by atoms with Gasteiger partial charge in [-0.05, 0) is 39.7 Å². The number of nitrogens with zero attached hydrogens (tertiary/aromatic N) is 1. The van der Waals surface area contributed by atoms with Crippen LogP contribution in [0.25, 0.3) is 0 Å². The summed E-state index contributed by atoms with van der Waals surface area (Å²) in [6.07, 6.45) is 3.46. The van der Waals surface area contributed by atoms with Crippen molar-refractivity contribution in [1.82, 2.24) is 10.2 Å². The maximum atomic E-state index is 12.4. The lowest BCUT2D eigenvalue weighted by Crippen LogP contribution is -2.60. The number of carbonyl (C=O) groups is 1. The van der Waals surface area contributed by atoms with Gasteiger partial charge in [0.15, 0.2) is 0 Å². The molecule has 0 aromatic carbocycles. The molecule has 0 aromatic heterocycles. The fourth-order valence-corrected chi connectivity index (χ4v) is 2.59. The number of piperidine rings is 1. The van der Waals surface area contributed by atoms with Crippen LogP contribution in [0, 0.1) is 0 Å². The van der Waals surface area contributed by atoms with Gasteiger partial charge in [0.2, 0.25) is 5.91 Å². The summed E-state index contributed by atoms with van der Waals surface area (Å²) in [6, 6.07) is 0. The molecule has 2 atom stereocenters. The Morgan fingerprint density at radius 3 is 2.94 bits per heavy atom. The number of amides is 1. The molecule has 0 spiro atoms. The molecule has 2 rings (SSSR count). The van der Waals surface area contributed by atoms with E-state index >= 15 is 0 Å². The Kier molecular flexibility index (Phi) is 3.50. The Hall–Kier alpha value is -0.610. The predicted molar refractivity (Wildman–Crippen MR) is 62.3 cm³/mol. The van der Waals surface area contributed by atoms with Crippen LogP contribution in [0.15, 0.2) is 0 Å². The van der Waals surface area contributed by atoms with Gasteiger partial charge in [-0.15, -0.1) is 0 Å². The highest BCUT2D eigenvalue weighted by Gasteiger charge is 2.38. The van der Waals surface area contributed by atoms with Gasteiger partial charge in [-0.1, -0.05) is 0 Å². The number of nitrogens with one attached hydrogen (secondary N) is 1. The third-order valence-corrected chi connectivity index (χ3v) is 3.62. The molecule has 2 aliphatic heterocycles. The van der Waals surface area contributed by atoms with Gasteiger partial charge in [-0.2, -0.15) is 0 Å². The van der Waals surface area contributed by atoms with E-state index in [2.05, 4.69) is 5.32 Å². The van der Waals surface area contributed by atoms with Crippen molar-refractivity contribution in [1.29, 1.82) is 0 Å². The van der Waals surface area contributed by atoms with Crippen LogP contribution < -0.4 is 5.32 Å². The highest BCUT2D eigenvalue weighted by Crippen LogP contribution is 2.22. The monoisotopic (exact) mass is 226 g/mol. The van der Waals surface area contributed by atoms with Crippen LogP contribution in [0.2, 0.25) is 0 Å². The smallest absolute Gasteiger partial charge is 0.242 e. The van der Waals surface area contributed by atoms with Crippen LogP contribution in [0.5, 0.6) is 0 Å². The number of hydrogen-bond acceptors (Lipinski definition) is 3. The van der Waals surface area contributed by atoms with E-state index in [1.807, 2.05) is 18.7 Å². The van der Waals surface area contributed by atoms with Crippen LogP contribution in [0.3, 0.4) is 0 Å². The molecule has 1 amide bonds. The van der Waals surface area contributed by atoms with Crippen molar-refractivity contribution in [3.05, 3.63) is 0 Å². The van der Waals surface area contributed by atoms with Crippen molar-refractivity contribution in [3.8, 4) is 0 Å². The van der Waals surface area contributed by atoms with Gasteiger partial charge in [0.05, 0.1) is 18.2 Å². The second kappa shape index (κ2) is 4.72. The topological polar surface area (TPSA) is 41.6 Å². The van der Waals surface area contributed by atoms with Gasteiger partial charge in [0.25, 0.3) is 0 Å². The fourth-order valence-electron chi connectivity index (χ4n) is 2.59. The highest BCUT2D eigenvalue weighted by molar-refractivity contribution is 5.86. The molecule has 16 heavy (non-hydrogen) atoms. The molecule has 4 nitrogen and oxygen atoms in total. The van der Waals surface area contributed by atoms with E-state index < -0.39 is 0 Å². The van der Waals surface area contributed by atoms with Crippen molar-refractivity contribution >= 4 is 5.91 Å². The van der Waals surface area contributed by atoms with Crippen LogP contribution in [0.1, 0.15) is 33.1 Å². The maximum absolute atomic E-state index is 12.4. The minimum absolute atomic E-state index is 0.171. The van der Waals surface area contributed by atoms with Gasteiger partial charge in [0, 0.05) is 13.1 Å². The zero-order chi connectivity index (χ0) is 11.6. The molecule has 2 saturated heterocycles. The van der Waals surface area contributed by atoms with E-state index in [4.69, 9.17) is 4.74 Å². The molecule has 2 fully saturated rings. The van der Waals surface area contributed by atoms with E-state index in [-0.39, 0.29) is 17.6 Å². The number of ether oxygens (including phenoxy) is 1. The molecule has 2 unspecified atom stereocenters. The van der Waals surface area contributed by atoms with E-state index in [9.17, 15) is 4.79 Å².